The fourth-order valence-electron chi connectivity index (χ4n) is 2.92. The van der Waals surface area contributed by atoms with Crippen LogP contribution in [0.5, 0.6) is 0 Å². The van der Waals surface area contributed by atoms with Crippen molar-refractivity contribution in [2.45, 2.75) is 13.8 Å². The van der Waals surface area contributed by atoms with Crippen molar-refractivity contribution in [3.05, 3.63) is 0 Å². The molecule has 0 unspecified atom stereocenters. The van der Waals surface area contributed by atoms with Gasteiger partial charge in [-0.2, -0.15) is 0 Å². The van der Waals surface area contributed by atoms with Gasteiger partial charge in [0.1, 0.15) is 5.41 Å². The molecule has 0 aromatic heterocycles. The number of nitrogens with zero attached hydrogens (tertiary/aromatic N) is 4. The van der Waals surface area contributed by atoms with Crippen LogP contribution >= 0.6 is 0 Å². The number of likely N-dealkylation sites (N-methyl/N-ethyl adjacent to an activating group) is 1. The second-order valence-corrected chi connectivity index (χ2v) is 6.65. The number of hydrogen-bond acceptors (Lipinski definition) is 4. The Bertz CT molecular complexity index is 436. The average Bonchev–Trinajstić information content (AvgIpc) is 2.54. The lowest BCUT2D eigenvalue weighted by molar-refractivity contribution is -0.156. The van der Waals surface area contributed by atoms with Crippen LogP contribution in [-0.2, 0) is 14.4 Å². The Morgan fingerprint density at radius 1 is 0.818 bits per heavy atom. The molecule has 0 aliphatic carbocycles. The maximum Gasteiger partial charge on any atom is 0.237 e. The summed E-state index contributed by atoms with van der Waals surface area (Å²) in [7, 11) is 2.03. The average molecular weight is 310 g/mol. The van der Waals surface area contributed by atoms with Crippen LogP contribution in [0, 0.1) is 5.41 Å². The molecule has 0 saturated carbocycles. The van der Waals surface area contributed by atoms with Gasteiger partial charge < -0.3 is 19.6 Å². The lowest BCUT2D eigenvalue weighted by atomic mass is 9.89. The zero-order valence-corrected chi connectivity index (χ0v) is 13.7. The van der Waals surface area contributed by atoms with Crippen molar-refractivity contribution in [3.63, 3.8) is 0 Å². The molecule has 2 aliphatic rings. The lowest BCUT2D eigenvalue weighted by Gasteiger charge is -2.40. The number of rotatable bonds is 3. The molecule has 124 valence electrons. The van der Waals surface area contributed by atoms with Crippen LogP contribution in [0.15, 0.2) is 0 Å². The number of piperazine rings is 2. The van der Waals surface area contributed by atoms with Crippen LogP contribution < -0.4 is 0 Å². The minimum absolute atomic E-state index is 0.0941. The Kier molecular flexibility index (Phi) is 5.05. The van der Waals surface area contributed by atoms with Crippen molar-refractivity contribution in [2.24, 2.45) is 5.41 Å². The molecule has 3 amide bonds. The van der Waals surface area contributed by atoms with Gasteiger partial charge in [-0.1, -0.05) is 0 Å². The molecule has 0 radical (unpaired) electrons. The van der Waals surface area contributed by atoms with E-state index in [0.717, 1.165) is 19.5 Å². The highest BCUT2D eigenvalue weighted by molar-refractivity contribution is 6.04. The van der Waals surface area contributed by atoms with E-state index in [9.17, 15) is 14.4 Å². The molecule has 0 N–H and O–H groups in total. The van der Waals surface area contributed by atoms with Crippen molar-refractivity contribution >= 4 is 18.2 Å². The third-order valence-corrected chi connectivity index (χ3v) is 4.61. The Morgan fingerprint density at radius 3 is 1.64 bits per heavy atom. The van der Waals surface area contributed by atoms with Crippen LogP contribution in [-0.4, -0.2) is 97.2 Å². The molecule has 7 nitrogen and oxygen atoms in total. The third kappa shape index (κ3) is 3.40. The van der Waals surface area contributed by atoms with Crippen molar-refractivity contribution in [1.29, 1.82) is 0 Å². The highest BCUT2D eigenvalue weighted by Crippen LogP contribution is 2.24. The lowest BCUT2D eigenvalue weighted by Crippen LogP contribution is -2.58. The van der Waals surface area contributed by atoms with Crippen molar-refractivity contribution < 1.29 is 14.4 Å². The van der Waals surface area contributed by atoms with Gasteiger partial charge in [0.25, 0.3) is 0 Å². The highest BCUT2D eigenvalue weighted by Gasteiger charge is 2.42. The SMILES string of the molecule is CN1CCN(C(=O)C(C)(C)C(=O)N2CCN(C=O)CC2)CC1. The van der Waals surface area contributed by atoms with Gasteiger partial charge in [0.05, 0.1) is 0 Å². The van der Waals surface area contributed by atoms with Gasteiger partial charge in [0, 0.05) is 52.4 Å². The van der Waals surface area contributed by atoms with E-state index in [1.807, 2.05) is 7.05 Å². The normalized spacial score (nSPS) is 21.0. The summed E-state index contributed by atoms with van der Waals surface area (Å²) in [6.07, 6.45) is 0.808. The number of carbonyl (C=O) groups is 3. The quantitative estimate of drug-likeness (QED) is 0.500. The van der Waals surface area contributed by atoms with Crippen LogP contribution in [0.2, 0.25) is 0 Å². The zero-order valence-electron chi connectivity index (χ0n) is 13.7. The van der Waals surface area contributed by atoms with Crippen LogP contribution in [0.25, 0.3) is 0 Å². The summed E-state index contributed by atoms with van der Waals surface area (Å²) < 4.78 is 0. The van der Waals surface area contributed by atoms with Crippen molar-refractivity contribution in [1.82, 2.24) is 19.6 Å². The van der Waals surface area contributed by atoms with E-state index in [1.54, 1.807) is 28.5 Å². The Labute approximate surface area is 131 Å². The molecule has 2 saturated heterocycles. The molecule has 0 bridgehead atoms. The number of amides is 3. The molecule has 0 spiro atoms. The molecule has 2 aliphatic heterocycles. The topological polar surface area (TPSA) is 64.2 Å². The maximum absolute atomic E-state index is 12.7. The van der Waals surface area contributed by atoms with E-state index in [4.69, 9.17) is 0 Å². The fourth-order valence-corrected chi connectivity index (χ4v) is 2.92. The van der Waals surface area contributed by atoms with Gasteiger partial charge in [0.15, 0.2) is 0 Å². The smallest absolute Gasteiger partial charge is 0.237 e. The Morgan fingerprint density at radius 2 is 1.23 bits per heavy atom. The Hall–Kier alpha value is -1.63. The summed E-state index contributed by atoms with van der Waals surface area (Å²) in [5.41, 5.74) is -1.04. The standard InChI is InChI=1S/C15H26N4O3/c1-15(2,13(21)18-8-4-16(3)5-9-18)14(22)19-10-6-17(12-20)7-11-19/h12H,4-11H2,1-3H3. The van der Waals surface area contributed by atoms with E-state index in [0.29, 0.717) is 39.3 Å². The van der Waals surface area contributed by atoms with Gasteiger partial charge in [0.2, 0.25) is 18.2 Å². The van der Waals surface area contributed by atoms with Crippen molar-refractivity contribution in [2.75, 3.05) is 59.4 Å². The van der Waals surface area contributed by atoms with E-state index in [2.05, 4.69) is 4.90 Å². The molecule has 0 aromatic carbocycles. The predicted octanol–water partition coefficient (Wildman–Crippen LogP) is -0.913. The predicted molar refractivity (Wildman–Crippen MR) is 82.1 cm³/mol. The van der Waals surface area contributed by atoms with E-state index in [-0.39, 0.29) is 11.8 Å². The minimum Gasteiger partial charge on any atom is -0.342 e. The summed E-state index contributed by atoms with van der Waals surface area (Å²) in [5.74, 6) is -0.231. The summed E-state index contributed by atoms with van der Waals surface area (Å²) in [6.45, 7) is 8.51. The molecular formula is C15H26N4O3. The molecule has 2 rings (SSSR count). The second-order valence-electron chi connectivity index (χ2n) is 6.65. The first kappa shape index (κ1) is 16.7. The van der Waals surface area contributed by atoms with Crippen LogP contribution in [0.4, 0.5) is 0 Å². The third-order valence-electron chi connectivity index (χ3n) is 4.61. The maximum atomic E-state index is 12.7. The van der Waals surface area contributed by atoms with Gasteiger partial charge >= 0.3 is 0 Å². The monoisotopic (exact) mass is 310 g/mol. The van der Waals surface area contributed by atoms with Gasteiger partial charge in [-0.3, -0.25) is 14.4 Å². The number of carbonyl (C=O) groups excluding carboxylic acids is 3. The molecular weight excluding hydrogens is 284 g/mol. The van der Waals surface area contributed by atoms with E-state index in [1.165, 1.54) is 0 Å². The van der Waals surface area contributed by atoms with Gasteiger partial charge in [-0.05, 0) is 20.9 Å². The number of hydrogen-bond donors (Lipinski definition) is 0. The fraction of sp³-hybridized carbons (Fsp3) is 0.800. The van der Waals surface area contributed by atoms with Gasteiger partial charge in [-0.15, -0.1) is 0 Å². The molecule has 22 heavy (non-hydrogen) atoms. The zero-order chi connectivity index (χ0) is 16.3. The molecule has 2 fully saturated rings. The summed E-state index contributed by atoms with van der Waals surface area (Å²) in [5, 5.41) is 0. The van der Waals surface area contributed by atoms with Gasteiger partial charge in [-0.25, -0.2) is 0 Å². The molecule has 0 aromatic rings. The summed E-state index contributed by atoms with van der Waals surface area (Å²) >= 11 is 0. The first-order chi connectivity index (χ1) is 10.4. The van der Waals surface area contributed by atoms with Crippen molar-refractivity contribution in [3.8, 4) is 0 Å². The highest BCUT2D eigenvalue weighted by atomic mass is 16.2. The Balaban J connectivity index is 1.98. The first-order valence-electron chi connectivity index (χ1n) is 7.83. The molecule has 0 atom stereocenters. The summed E-state index contributed by atoms with van der Waals surface area (Å²) in [4.78, 5) is 43.5. The minimum atomic E-state index is -1.04. The molecule has 2 heterocycles. The van der Waals surface area contributed by atoms with E-state index < -0.39 is 5.41 Å². The largest absolute Gasteiger partial charge is 0.342 e. The van der Waals surface area contributed by atoms with E-state index >= 15 is 0 Å². The first-order valence-corrected chi connectivity index (χ1v) is 7.83. The summed E-state index contributed by atoms with van der Waals surface area (Å²) in [6, 6.07) is 0. The molecule has 7 heteroatoms. The van der Waals surface area contributed by atoms with Crippen LogP contribution in [0.1, 0.15) is 13.8 Å². The van der Waals surface area contributed by atoms with Crippen LogP contribution in [0.3, 0.4) is 0 Å². The second kappa shape index (κ2) is 6.64.